The summed E-state index contributed by atoms with van der Waals surface area (Å²) in [5.41, 5.74) is 1.91. The number of carbonyl (C=O) groups is 1. The highest BCUT2D eigenvalue weighted by molar-refractivity contribution is 6.30. The molecular formula is C17H24ClNO2. The van der Waals surface area contributed by atoms with Crippen LogP contribution in [0.4, 0.5) is 5.69 Å². The van der Waals surface area contributed by atoms with Gasteiger partial charge in [-0.05, 0) is 42.7 Å². The van der Waals surface area contributed by atoms with Crippen LogP contribution in [0.25, 0.3) is 6.08 Å². The maximum Gasteiger partial charge on any atom is 0.328 e. The van der Waals surface area contributed by atoms with Crippen LogP contribution in [0.15, 0.2) is 24.3 Å². The second-order valence-corrected chi connectivity index (χ2v) is 5.51. The molecule has 1 rings (SSSR count). The molecule has 0 aliphatic heterocycles. The van der Waals surface area contributed by atoms with Crippen LogP contribution in [-0.2, 0) is 4.79 Å². The summed E-state index contributed by atoms with van der Waals surface area (Å²) in [7, 11) is 0. The van der Waals surface area contributed by atoms with Gasteiger partial charge in [0.1, 0.15) is 0 Å². The minimum atomic E-state index is -0.949. The van der Waals surface area contributed by atoms with E-state index in [-0.39, 0.29) is 0 Å². The van der Waals surface area contributed by atoms with E-state index in [1.807, 2.05) is 18.2 Å². The number of hydrogen-bond donors (Lipinski definition) is 1. The van der Waals surface area contributed by atoms with E-state index in [2.05, 4.69) is 18.7 Å². The Morgan fingerprint density at radius 1 is 1.24 bits per heavy atom. The van der Waals surface area contributed by atoms with Crippen LogP contribution < -0.4 is 4.90 Å². The molecule has 0 aliphatic rings. The minimum Gasteiger partial charge on any atom is -0.478 e. The summed E-state index contributed by atoms with van der Waals surface area (Å²) in [6.45, 7) is 6.30. The first-order chi connectivity index (χ1) is 10.1. The molecule has 0 spiro atoms. The number of anilines is 1. The van der Waals surface area contributed by atoms with Crippen molar-refractivity contribution in [2.24, 2.45) is 0 Å². The molecule has 1 aromatic carbocycles. The molecule has 1 aromatic rings. The van der Waals surface area contributed by atoms with Gasteiger partial charge in [0.05, 0.1) is 0 Å². The lowest BCUT2D eigenvalue weighted by atomic mass is 10.1. The van der Waals surface area contributed by atoms with Crippen LogP contribution in [0, 0.1) is 0 Å². The zero-order valence-electron chi connectivity index (χ0n) is 12.8. The molecule has 0 radical (unpaired) electrons. The van der Waals surface area contributed by atoms with Crippen molar-refractivity contribution in [3.8, 4) is 0 Å². The zero-order valence-corrected chi connectivity index (χ0v) is 13.6. The molecule has 116 valence electrons. The van der Waals surface area contributed by atoms with E-state index in [0.29, 0.717) is 5.02 Å². The van der Waals surface area contributed by atoms with Gasteiger partial charge < -0.3 is 10.0 Å². The van der Waals surface area contributed by atoms with Gasteiger partial charge in [0, 0.05) is 29.9 Å². The summed E-state index contributed by atoms with van der Waals surface area (Å²) >= 11 is 6.05. The molecular weight excluding hydrogens is 286 g/mol. The molecule has 0 atom stereocenters. The third-order valence-electron chi connectivity index (χ3n) is 3.30. The van der Waals surface area contributed by atoms with E-state index in [4.69, 9.17) is 16.7 Å². The molecule has 0 amide bonds. The van der Waals surface area contributed by atoms with E-state index in [0.717, 1.165) is 56.1 Å². The Labute approximate surface area is 132 Å². The first-order valence-electron chi connectivity index (χ1n) is 7.54. The van der Waals surface area contributed by atoms with Gasteiger partial charge in [-0.1, -0.05) is 38.3 Å². The van der Waals surface area contributed by atoms with Gasteiger partial charge in [-0.15, -0.1) is 0 Å². The van der Waals surface area contributed by atoms with Crippen molar-refractivity contribution in [3.05, 3.63) is 34.9 Å². The molecule has 0 aliphatic carbocycles. The minimum absolute atomic E-state index is 0.620. The molecule has 0 aromatic heterocycles. The summed E-state index contributed by atoms with van der Waals surface area (Å²) in [5.74, 6) is -0.949. The van der Waals surface area contributed by atoms with Gasteiger partial charge in [-0.3, -0.25) is 0 Å². The second-order valence-electron chi connectivity index (χ2n) is 5.07. The fourth-order valence-electron chi connectivity index (χ4n) is 2.16. The Hall–Kier alpha value is -1.48. The zero-order chi connectivity index (χ0) is 15.7. The van der Waals surface area contributed by atoms with E-state index in [1.54, 1.807) is 6.08 Å². The molecule has 0 fully saturated rings. The highest BCUT2D eigenvalue weighted by Gasteiger charge is 2.10. The van der Waals surface area contributed by atoms with Gasteiger partial charge in [0.2, 0.25) is 0 Å². The molecule has 0 saturated carbocycles. The van der Waals surface area contributed by atoms with Crippen LogP contribution >= 0.6 is 11.6 Å². The van der Waals surface area contributed by atoms with Gasteiger partial charge in [-0.2, -0.15) is 0 Å². The summed E-state index contributed by atoms with van der Waals surface area (Å²) in [4.78, 5) is 13.1. The van der Waals surface area contributed by atoms with E-state index >= 15 is 0 Å². The predicted molar refractivity (Wildman–Crippen MR) is 90.2 cm³/mol. The van der Waals surface area contributed by atoms with Crippen LogP contribution in [0.3, 0.4) is 0 Å². The van der Waals surface area contributed by atoms with Crippen LogP contribution in [0.1, 0.15) is 45.1 Å². The van der Waals surface area contributed by atoms with Crippen molar-refractivity contribution in [1.82, 2.24) is 0 Å². The Morgan fingerprint density at radius 3 is 2.38 bits per heavy atom. The van der Waals surface area contributed by atoms with Crippen molar-refractivity contribution < 1.29 is 9.90 Å². The molecule has 0 unspecified atom stereocenters. The number of rotatable bonds is 9. The molecule has 4 heteroatoms. The number of aliphatic carboxylic acids is 1. The third kappa shape index (κ3) is 6.21. The largest absolute Gasteiger partial charge is 0.478 e. The van der Waals surface area contributed by atoms with Crippen molar-refractivity contribution in [3.63, 3.8) is 0 Å². The van der Waals surface area contributed by atoms with Gasteiger partial charge >= 0.3 is 5.97 Å². The first-order valence-corrected chi connectivity index (χ1v) is 7.91. The average Bonchev–Trinajstić information content (AvgIpc) is 2.46. The number of benzene rings is 1. The van der Waals surface area contributed by atoms with Gasteiger partial charge in [-0.25, -0.2) is 4.79 Å². The van der Waals surface area contributed by atoms with Crippen molar-refractivity contribution in [2.45, 2.75) is 39.5 Å². The number of unbranched alkanes of at least 4 members (excludes halogenated alkanes) is 2. The molecule has 0 saturated heterocycles. The lowest BCUT2D eigenvalue weighted by molar-refractivity contribution is -0.131. The first kappa shape index (κ1) is 17.6. The van der Waals surface area contributed by atoms with E-state index in [9.17, 15) is 4.79 Å². The molecule has 3 nitrogen and oxygen atoms in total. The third-order valence-corrected chi connectivity index (χ3v) is 3.53. The van der Waals surface area contributed by atoms with Crippen molar-refractivity contribution >= 4 is 29.3 Å². The Kier molecular flexibility index (Phi) is 7.91. The van der Waals surface area contributed by atoms with E-state index < -0.39 is 5.97 Å². The number of hydrogen-bond acceptors (Lipinski definition) is 2. The lowest BCUT2D eigenvalue weighted by Gasteiger charge is -2.26. The number of halogens is 1. The standard InChI is InChI=1S/C17H24ClNO2/c1-3-5-11-19(12-6-4-2)16-9-8-15(18)13-14(16)7-10-17(20)21/h7-10,13H,3-6,11-12H2,1-2H3,(H,20,21)/b10-7+. The van der Waals surface area contributed by atoms with Crippen LogP contribution in [0.5, 0.6) is 0 Å². The van der Waals surface area contributed by atoms with E-state index in [1.165, 1.54) is 0 Å². The summed E-state index contributed by atoms with van der Waals surface area (Å²) in [5, 5.41) is 9.44. The predicted octanol–water partition coefficient (Wildman–Crippen LogP) is 4.84. The summed E-state index contributed by atoms with van der Waals surface area (Å²) < 4.78 is 0. The Balaban J connectivity index is 3.06. The molecule has 1 N–H and O–H groups in total. The van der Waals surface area contributed by atoms with Crippen molar-refractivity contribution in [2.75, 3.05) is 18.0 Å². The second kappa shape index (κ2) is 9.46. The monoisotopic (exact) mass is 309 g/mol. The fraction of sp³-hybridized carbons (Fsp3) is 0.471. The SMILES string of the molecule is CCCCN(CCCC)c1ccc(Cl)cc1/C=C/C(=O)O. The molecule has 21 heavy (non-hydrogen) atoms. The molecule has 0 heterocycles. The highest BCUT2D eigenvalue weighted by atomic mass is 35.5. The van der Waals surface area contributed by atoms with Crippen molar-refractivity contribution in [1.29, 1.82) is 0 Å². The average molecular weight is 310 g/mol. The number of nitrogens with zero attached hydrogens (tertiary/aromatic N) is 1. The highest BCUT2D eigenvalue weighted by Crippen LogP contribution is 2.26. The quantitative estimate of drug-likeness (QED) is 0.663. The maximum atomic E-state index is 10.7. The number of carboxylic acids is 1. The van der Waals surface area contributed by atoms with Gasteiger partial charge in [0.25, 0.3) is 0 Å². The molecule has 0 bridgehead atoms. The Bertz CT molecular complexity index is 478. The maximum absolute atomic E-state index is 10.7. The van der Waals surface area contributed by atoms with Crippen LogP contribution in [0.2, 0.25) is 5.02 Å². The van der Waals surface area contributed by atoms with Gasteiger partial charge in [0.15, 0.2) is 0 Å². The fourth-order valence-corrected chi connectivity index (χ4v) is 2.34. The topological polar surface area (TPSA) is 40.5 Å². The Morgan fingerprint density at radius 2 is 1.86 bits per heavy atom. The summed E-state index contributed by atoms with van der Waals surface area (Å²) in [6, 6.07) is 5.66. The summed E-state index contributed by atoms with van der Waals surface area (Å²) in [6.07, 6.45) is 7.29. The lowest BCUT2D eigenvalue weighted by Crippen LogP contribution is -2.26. The van der Waals surface area contributed by atoms with Crippen LogP contribution in [-0.4, -0.2) is 24.2 Å². The normalized spacial score (nSPS) is 11.0. The number of carboxylic acid groups (broad SMARTS) is 1. The smallest absolute Gasteiger partial charge is 0.328 e.